The van der Waals surface area contributed by atoms with Gasteiger partial charge in [-0.05, 0) is 55.2 Å². The maximum atomic E-state index is 12.7. The molecule has 3 aromatic carbocycles. The summed E-state index contributed by atoms with van der Waals surface area (Å²) in [5, 5.41) is 12.7. The number of piperidine rings is 1. The summed E-state index contributed by atoms with van der Waals surface area (Å²) < 4.78 is 0. The van der Waals surface area contributed by atoms with Gasteiger partial charge in [-0.15, -0.1) is 0 Å². The number of amides is 1. The Labute approximate surface area is 203 Å². The van der Waals surface area contributed by atoms with E-state index in [0.717, 1.165) is 43.7 Å². The Hall–Kier alpha value is -3.15. The highest BCUT2D eigenvalue weighted by Gasteiger charge is 2.25. The molecule has 34 heavy (non-hydrogen) atoms. The summed E-state index contributed by atoms with van der Waals surface area (Å²) in [7, 11) is 0. The number of benzene rings is 3. The normalized spacial score (nSPS) is 15.3. The van der Waals surface area contributed by atoms with Crippen LogP contribution in [0.3, 0.4) is 0 Å². The number of hydrogen-bond donors (Lipinski definition) is 2. The number of carbonyl (C=O) groups is 1. The number of rotatable bonds is 9. The molecule has 5 heteroatoms. The second-order valence-electron chi connectivity index (χ2n) is 9.05. The van der Waals surface area contributed by atoms with Crippen LogP contribution in [-0.4, -0.2) is 48.2 Å². The fraction of sp³-hybridized carbons (Fsp3) is 0.345. The third-order valence-corrected chi connectivity index (χ3v) is 6.74. The summed E-state index contributed by atoms with van der Waals surface area (Å²) in [6, 6.07) is 28.9. The Morgan fingerprint density at radius 2 is 1.59 bits per heavy atom. The molecule has 1 heterocycles. The van der Waals surface area contributed by atoms with Crippen LogP contribution in [0, 0.1) is 0 Å². The Kier molecular flexibility index (Phi) is 8.34. The molecule has 1 amide bonds. The lowest BCUT2D eigenvalue weighted by Crippen LogP contribution is -2.45. The largest absolute Gasteiger partial charge is 0.395 e. The van der Waals surface area contributed by atoms with Crippen LogP contribution in [0.25, 0.3) is 0 Å². The van der Waals surface area contributed by atoms with Crippen LogP contribution in [0.1, 0.15) is 47.3 Å². The minimum absolute atomic E-state index is 0.0369. The number of carbonyl (C=O) groups excluding carboxylic acids is 1. The van der Waals surface area contributed by atoms with E-state index in [-0.39, 0.29) is 18.6 Å². The quantitative estimate of drug-likeness (QED) is 0.492. The van der Waals surface area contributed by atoms with Crippen LogP contribution in [0.4, 0.5) is 5.69 Å². The number of hydrogen-bond acceptors (Lipinski definition) is 4. The van der Waals surface area contributed by atoms with E-state index in [9.17, 15) is 9.90 Å². The molecule has 0 bridgehead atoms. The summed E-state index contributed by atoms with van der Waals surface area (Å²) in [6.07, 6.45) is 2.12. The van der Waals surface area contributed by atoms with Gasteiger partial charge in [-0.2, -0.15) is 0 Å². The Morgan fingerprint density at radius 3 is 2.21 bits per heavy atom. The van der Waals surface area contributed by atoms with Gasteiger partial charge in [0, 0.05) is 43.5 Å². The molecule has 1 atom stereocenters. The second kappa shape index (κ2) is 11.8. The highest BCUT2D eigenvalue weighted by Crippen LogP contribution is 2.24. The van der Waals surface area contributed by atoms with Crippen molar-refractivity contribution in [3.8, 4) is 0 Å². The van der Waals surface area contributed by atoms with E-state index in [1.54, 1.807) is 0 Å². The number of aliphatic hydroxyl groups is 1. The molecule has 0 saturated carbocycles. The van der Waals surface area contributed by atoms with Crippen molar-refractivity contribution >= 4 is 11.6 Å². The molecule has 1 saturated heterocycles. The number of nitrogens with one attached hydrogen (secondary N) is 1. The first-order chi connectivity index (χ1) is 16.6. The van der Waals surface area contributed by atoms with Gasteiger partial charge in [0.15, 0.2) is 0 Å². The summed E-state index contributed by atoms with van der Waals surface area (Å²) in [5.74, 6) is -0.0535. The highest BCUT2D eigenvalue weighted by molar-refractivity contribution is 5.94. The standard InChI is InChI=1S/C29H35N3O2/c1-23(25-10-6-3-7-11-25)30-29(34)26-12-14-27(15-13-26)31-18-16-28(17-19-31)32(20-21-33)22-24-8-4-2-5-9-24/h2-15,23,28,33H,16-22H2,1H3,(H,30,34)/t23-/m1/s1. The predicted octanol–water partition coefficient (Wildman–Crippen LogP) is 4.64. The van der Waals surface area contributed by atoms with Gasteiger partial charge >= 0.3 is 0 Å². The second-order valence-corrected chi connectivity index (χ2v) is 9.05. The maximum Gasteiger partial charge on any atom is 0.251 e. The number of aliphatic hydroxyl groups excluding tert-OH is 1. The van der Waals surface area contributed by atoms with E-state index in [4.69, 9.17) is 0 Å². The molecular weight excluding hydrogens is 422 g/mol. The molecule has 2 N–H and O–H groups in total. The maximum absolute atomic E-state index is 12.7. The molecular formula is C29H35N3O2. The fourth-order valence-corrected chi connectivity index (χ4v) is 4.75. The van der Waals surface area contributed by atoms with E-state index >= 15 is 0 Å². The third kappa shape index (κ3) is 6.25. The predicted molar refractivity (Wildman–Crippen MR) is 138 cm³/mol. The molecule has 0 aliphatic carbocycles. The lowest BCUT2D eigenvalue weighted by atomic mass is 10.0. The molecule has 0 spiro atoms. The lowest BCUT2D eigenvalue weighted by molar-refractivity contribution is 0.0940. The van der Waals surface area contributed by atoms with E-state index in [1.807, 2.05) is 55.5 Å². The zero-order valence-electron chi connectivity index (χ0n) is 19.9. The van der Waals surface area contributed by atoms with Gasteiger partial charge in [-0.1, -0.05) is 60.7 Å². The molecule has 4 rings (SSSR count). The Morgan fingerprint density at radius 1 is 0.971 bits per heavy atom. The summed E-state index contributed by atoms with van der Waals surface area (Å²) in [5.41, 5.74) is 4.22. The van der Waals surface area contributed by atoms with Crippen LogP contribution in [0.5, 0.6) is 0 Å². The van der Waals surface area contributed by atoms with Crippen molar-refractivity contribution < 1.29 is 9.90 Å². The molecule has 178 valence electrons. The Balaban J connectivity index is 1.31. The van der Waals surface area contributed by atoms with Crippen LogP contribution >= 0.6 is 0 Å². The van der Waals surface area contributed by atoms with E-state index in [2.05, 4.69) is 51.5 Å². The van der Waals surface area contributed by atoms with Crippen molar-refractivity contribution in [3.05, 3.63) is 102 Å². The monoisotopic (exact) mass is 457 g/mol. The van der Waals surface area contributed by atoms with Gasteiger partial charge in [0.1, 0.15) is 0 Å². The van der Waals surface area contributed by atoms with Gasteiger partial charge in [-0.3, -0.25) is 9.69 Å². The van der Waals surface area contributed by atoms with Crippen molar-refractivity contribution in [2.45, 2.75) is 38.4 Å². The first kappa shape index (κ1) is 24.0. The summed E-state index contributed by atoms with van der Waals surface area (Å²) in [4.78, 5) is 17.5. The van der Waals surface area contributed by atoms with Gasteiger partial charge in [0.05, 0.1) is 12.6 Å². The summed E-state index contributed by atoms with van der Waals surface area (Å²) >= 11 is 0. The zero-order valence-corrected chi connectivity index (χ0v) is 19.9. The van der Waals surface area contributed by atoms with Gasteiger partial charge < -0.3 is 15.3 Å². The molecule has 1 fully saturated rings. The molecule has 0 aromatic heterocycles. The SMILES string of the molecule is C[C@@H](NC(=O)c1ccc(N2CCC(N(CCO)Cc3ccccc3)CC2)cc1)c1ccccc1. The molecule has 1 aliphatic heterocycles. The van der Waals surface area contributed by atoms with E-state index < -0.39 is 0 Å². The van der Waals surface area contributed by atoms with E-state index in [0.29, 0.717) is 18.2 Å². The average Bonchev–Trinajstić information content (AvgIpc) is 2.90. The number of anilines is 1. The molecule has 3 aromatic rings. The van der Waals surface area contributed by atoms with E-state index in [1.165, 1.54) is 5.56 Å². The van der Waals surface area contributed by atoms with Crippen molar-refractivity contribution in [2.75, 3.05) is 31.1 Å². The van der Waals surface area contributed by atoms with Crippen LogP contribution in [0.15, 0.2) is 84.9 Å². The highest BCUT2D eigenvalue weighted by atomic mass is 16.3. The number of nitrogens with zero attached hydrogens (tertiary/aromatic N) is 2. The van der Waals surface area contributed by atoms with Crippen molar-refractivity contribution in [1.29, 1.82) is 0 Å². The van der Waals surface area contributed by atoms with Gasteiger partial charge in [0.25, 0.3) is 5.91 Å². The Bertz CT molecular complexity index is 1020. The molecule has 0 radical (unpaired) electrons. The molecule has 1 aliphatic rings. The molecule has 0 unspecified atom stereocenters. The fourth-order valence-electron chi connectivity index (χ4n) is 4.75. The lowest BCUT2D eigenvalue weighted by Gasteiger charge is -2.39. The third-order valence-electron chi connectivity index (χ3n) is 6.74. The summed E-state index contributed by atoms with van der Waals surface area (Å²) in [6.45, 7) is 5.70. The van der Waals surface area contributed by atoms with Gasteiger partial charge in [0.2, 0.25) is 0 Å². The van der Waals surface area contributed by atoms with Crippen molar-refractivity contribution in [2.24, 2.45) is 0 Å². The molecule has 5 nitrogen and oxygen atoms in total. The smallest absolute Gasteiger partial charge is 0.251 e. The van der Waals surface area contributed by atoms with Crippen molar-refractivity contribution in [1.82, 2.24) is 10.2 Å². The first-order valence-corrected chi connectivity index (χ1v) is 12.2. The topological polar surface area (TPSA) is 55.8 Å². The van der Waals surface area contributed by atoms with Crippen LogP contribution < -0.4 is 10.2 Å². The van der Waals surface area contributed by atoms with Crippen molar-refractivity contribution in [3.63, 3.8) is 0 Å². The zero-order chi connectivity index (χ0) is 23.8. The minimum atomic E-state index is -0.0535. The first-order valence-electron chi connectivity index (χ1n) is 12.2. The average molecular weight is 458 g/mol. The minimum Gasteiger partial charge on any atom is -0.395 e. The van der Waals surface area contributed by atoms with Crippen LogP contribution in [-0.2, 0) is 6.54 Å². The van der Waals surface area contributed by atoms with Gasteiger partial charge in [-0.25, -0.2) is 0 Å². The van der Waals surface area contributed by atoms with Crippen LogP contribution in [0.2, 0.25) is 0 Å².